The SMILES string of the molecule is CC(NC(=O)Cc1ccc(F)cc1)c1cccc(Br)c1. The predicted octanol–water partition coefficient (Wildman–Crippen LogP) is 4.01. The number of rotatable bonds is 4. The molecule has 20 heavy (non-hydrogen) atoms. The number of hydrogen-bond acceptors (Lipinski definition) is 1. The summed E-state index contributed by atoms with van der Waals surface area (Å²) in [6.45, 7) is 1.93. The number of benzene rings is 2. The lowest BCUT2D eigenvalue weighted by Gasteiger charge is -2.14. The fourth-order valence-electron chi connectivity index (χ4n) is 1.94. The first kappa shape index (κ1) is 14.7. The third kappa shape index (κ3) is 4.17. The van der Waals surface area contributed by atoms with Gasteiger partial charge in [0.25, 0.3) is 0 Å². The number of amides is 1. The second-order valence-electron chi connectivity index (χ2n) is 4.65. The van der Waals surface area contributed by atoms with E-state index in [0.29, 0.717) is 0 Å². The lowest BCUT2D eigenvalue weighted by Crippen LogP contribution is -2.28. The van der Waals surface area contributed by atoms with E-state index in [0.717, 1.165) is 15.6 Å². The molecule has 0 fully saturated rings. The molecule has 1 N–H and O–H groups in total. The predicted molar refractivity (Wildman–Crippen MR) is 80.8 cm³/mol. The lowest BCUT2D eigenvalue weighted by molar-refractivity contribution is -0.121. The van der Waals surface area contributed by atoms with Crippen molar-refractivity contribution < 1.29 is 9.18 Å². The molecule has 0 heterocycles. The van der Waals surface area contributed by atoms with E-state index in [1.54, 1.807) is 12.1 Å². The van der Waals surface area contributed by atoms with Gasteiger partial charge in [-0.25, -0.2) is 4.39 Å². The molecule has 0 aliphatic heterocycles. The zero-order chi connectivity index (χ0) is 14.5. The molecule has 0 bridgehead atoms. The van der Waals surface area contributed by atoms with Gasteiger partial charge in [-0.15, -0.1) is 0 Å². The highest BCUT2D eigenvalue weighted by atomic mass is 79.9. The van der Waals surface area contributed by atoms with E-state index in [1.807, 2.05) is 31.2 Å². The molecule has 2 rings (SSSR count). The minimum atomic E-state index is -0.295. The minimum Gasteiger partial charge on any atom is -0.349 e. The first-order valence-electron chi connectivity index (χ1n) is 6.34. The zero-order valence-electron chi connectivity index (χ0n) is 11.1. The van der Waals surface area contributed by atoms with Crippen molar-refractivity contribution in [1.29, 1.82) is 0 Å². The van der Waals surface area contributed by atoms with Gasteiger partial charge >= 0.3 is 0 Å². The fraction of sp³-hybridized carbons (Fsp3) is 0.188. The van der Waals surface area contributed by atoms with Gasteiger partial charge in [0.05, 0.1) is 12.5 Å². The van der Waals surface area contributed by atoms with Crippen LogP contribution >= 0.6 is 15.9 Å². The first-order chi connectivity index (χ1) is 9.54. The number of hydrogen-bond donors (Lipinski definition) is 1. The molecule has 1 atom stereocenters. The van der Waals surface area contributed by atoms with Crippen LogP contribution in [-0.4, -0.2) is 5.91 Å². The molecule has 2 aromatic carbocycles. The average Bonchev–Trinajstić information content (AvgIpc) is 2.41. The van der Waals surface area contributed by atoms with E-state index >= 15 is 0 Å². The second kappa shape index (κ2) is 6.66. The van der Waals surface area contributed by atoms with Crippen LogP contribution in [0.1, 0.15) is 24.1 Å². The quantitative estimate of drug-likeness (QED) is 0.898. The summed E-state index contributed by atoms with van der Waals surface area (Å²) in [5.41, 5.74) is 1.83. The van der Waals surface area contributed by atoms with Crippen LogP contribution in [0.15, 0.2) is 53.0 Å². The molecule has 104 valence electrons. The highest BCUT2D eigenvalue weighted by molar-refractivity contribution is 9.10. The largest absolute Gasteiger partial charge is 0.349 e. The van der Waals surface area contributed by atoms with E-state index in [-0.39, 0.29) is 24.2 Å². The Morgan fingerprint density at radius 2 is 1.95 bits per heavy atom. The van der Waals surface area contributed by atoms with Gasteiger partial charge in [-0.1, -0.05) is 40.2 Å². The van der Waals surface area contributed by atoms with Gasteiger partial charge < -0.3 is 5.32 Å². The van der Waals surface area contributed by atoms with Gasteiger partial charge in [-0.05, 0) is 42.3 Å². The molecule has 0 aromatic heterocycles. The van der Waals surface area contributed by atoms with Crippen LogP contribution < -0.4 is 5.32 Å². The van der Waals surface area contributed by atoms with E-state index in [2.05, 4.69) is 21.2 Å². The molecule has 0 spiro atoms. The first-order valence-corrected chi connectivity index (χ1v) is 7.13. The van der Waals surface area contributed by atoms with Crippen LogP contribution in [0.2, 0.25) is 0 Å². The molecule has 0 radical (unpaired) electrons. The van der Waals surface area contributed by atoms with E-state index < -0.39 is 0 Å². The van der Waals surface area contributed by atoms with E-state index in [1.165, 1.54) is 12.1 Å². The highest BCUT2D eigenvalue weighted by Crippen LogP contribution is 2.18. The number of nitrogens with one attached hydrogen (secondary N) is 1. The highest BCUT2D eigenvalue weighted by Gasteiger charge is 2.10. The molecular formula is C16H15BrFNO. The smallest absolute Gasteiger partial charge is 0.224 e. The van der Waals surface area contributed by atoms with Gasteiger partial charge in [0.15, 0.2) is 0 Å². The Bertz CT molecular complexity index is 598. The van der Waals surface area contributed by atoms with Crippen molar-refractivity contribution in [3.63, 3.8) is 0 Å². The van der Waals surface area contributed by atoms with Crippen molar-refractivity contribution in [3.05, 3.63) is 69.9 Å². The molecule has 2 aromatic rings. The molecule has 0 aliphatic rings. The number of carbonyl (C=O) groups is 1. The van der Waals surface area contributed by atoms with Gasteiger partial charge in [0.1, 0.15) is 5.82 Å². The maximum absolute atomic E-state index is 12.8. The topological polar surface area (TPSA) is 29.1 Å². The molecule has 1 unspecified atom stereocenters. The van der Waals surface area contributed by atoms with Crippen molar-refractivity contribution in [2.75, 3.05) is 0 Å². The van der Waals surface area contributed by atoms with Crippen molar-refractivity contribution in [3.8, 4) is 0 Å². The summed E-state index contributed by atoms with van der Waals surface area (Å²) in [5, 5.41) is 2.93. The molecule has 0 aliphatic carbocycles. The molecular weight excluding hydrogens is 321 g/mol. The molecule has 0 saturated heterocycles. The summed E-state index contributed by atoms with van der Waals surface area (Å²) in [6, 6.07) is 13.7. The van der Waals surface area contributed by atoms with Crippen LogP contribution in [0.5, 0.6) is 0 Å². The monoisotopic (exact) mass is 335 g/mol. The third-order valence-corrected chi connectivity index (χ3v) is 3.50. The molecule has 2 nitrogen and oxygen atoms in total. The van der Waals surface area contributed by atoms with E-state index in [4.69, 9.17) is 0 Å². The summed E-state index contributed by atoms with van der Waals surface area (Å²) < 4.78 is 13.8. The Balaban J connectivity index is 1.95. The summed E-state index contributed by atoms with van der Waals surface area (Å²) in [4.78, 5) is 11.9. The normalized spacial score (nSPS) is 11.9. The van der Waals surface area contributed by atoms with E-state index in [9.17, 15) is 9.18 Å². The maximum Gasteiger partial charge on any atom is 0.224 e. The third-order valence-electron chi connectivity index (χ3n) is 3.00. The lowest BCUT2D eigenvalue weighted by atomic mass is 10.1. The average molecular weight is 336 g/mol. The summed E-state index contributed by atoms with van der Waals surface area (Å²) in [5.74, 6) is -0.374. The second-order valence-corrected chi connectivity index (χ2v) is 5.56. The van der Waals surface area contributed by atoms with Gasteiger partial charge in [0.2, 0.25) is 5.91 Å². The van der Waals surface area contributed by atoms with Crippen molar-refractivity contribution in [1.82, 2.24) is 5.32 Å². The Labute approximate surface area is 126 Å². The van der Waals surface area contributed by atoms with Crippen molar-refractivity contribution in [2.45, 2.75) is 19.4 Å². The Morgan fingerprint density at radius 1 is 1.25 bits per heavy atom. The van der Waals surface area contributed by atoms with Crippen LogP contribution in [0.4, 0.5) is 4.39 Å². The van der Waals surface area contributed by atoms with Crippen LogP contribution in [0, 0.1) is 5.82 Å². The molecule has 4 heteroatoms. The number of carbonyl (C=O) groups excluding carboxylic acids is 1. The standard InChI is InChI=1S/C16H15BrFNO/c1-11(13-3-2-4-14(17)10-13)19-16(20)9-12-5-7-15(18)8-6-12/h2-8,10-11H,9H2,1H3,(H,19,20). The number of halogens is 2. The summed E-state index contributed by atoms with van der Waals surface area (Å²) in [7, 11) is 0. The van der Waals surface area contributed by atoms with Crippen LogP contribution in [0.3, 0.4) is 0 Å². The Morgan fingerprint density at radius 3 is 2.60 bits per heavy atom. The van der Waals surface area contributed by atoms with Crippen molar-refractivity contribution >= 4 is 21.8 Å². The molecule has 1 amide bonds. The van der Waals surface area contributed by atoms with Gasteiger partial charge in [0, 0.05) is 4.47 Å². The minimum absolute atomic E-state index is 0.0690. The van der Waals surface area contributed by atoms with Crippen LogP contribution in [-0.2, 0) is 11.2 Å². The van der Waals surface area contributed by atoms with Gasteiger partial charge in [-0.3, -0.25) is 4.79 Å². The summed E-state index contributed by atoms with van der Waals surface area (Å²) >= 11 is 3.41. The van der Waals surface area contributed by atoms with Gasteiger partial charge in [-0.2, -0.15) is 0 Å². The molecule has 0 saturated carbocycles. The zero-order valence-corrected chi connectivity index (χ0v) is 12.7. The summed E-state index contributed by atoms with van der Waals surface area (Å²) in [6.07, 6.45) is 0.249. The van der Waals surface area contributed by atoms with Crippen LogP contribution in [0.25, 0.3) is 0 Å². The Kier molecular flexibility index (Phi) is 4.90. The fourth-order valence-corrected chi connectivity index (χ4v) is 2.36. The maximum atomic E-state index is 12.8. The Hall–Kier alpha value is -1.68. The van der Waals surface area contributed by atoms with Crippen molar-refractivity contribution in [2.24, 2.45) is 0 Å².